The van der Waals surface area contributed by atoms with Crippen LogP contribution in [-0.4, -0.2) is 49.8 Å². The van der Waals surface area contributed by atoms with E-state index in [1.54, 1.807) is 0 Å². The number of hydrogen-bond donors (Lipinski definition) is 0. The molecule has 0 saturated carbocycles. The van der Waals surface area contributed by atoms with Gasteiger partial charge >= 0.3 is 0 Å². The largest absolute Gasteiger partial charge is 0.378 e. The van der Waals surface area contributed by atoms with Crippen molar-refractivity contribution in [1.82, 2.24) is 4.90 Å². The zero-order valence-corrected chi connectivity index (χ0v) is 12.0. The second-order valence-electron chi connectivity index (χ2n) is 5.75. The van der Waals surface area contributed by atoms with Crippen molar-refractivity contribution in [3.63, 3.8) is 0 Å². The van der Waals surface area contributed by atoms with Crippen LogP contribution in [0, 0.1) is 0 Å². The first-order chi connectivity index (χ1) is 9.28. The fourth-order valence-corrected chi connectivity index (χ4v) is 3.06. The van der Waals surface area contributed by atoms with E-state index in [0.717, 1.165) is 39.3 Å². The average molecular weight is 260 g/mol. The van der Waals surface area contributed by atoms with Crippen LogP contribution in [0.5, 0.6) is 0 Å². The molecule has 0 aromatic heterocycles. The van der Waals surface area contributed by atoms with Crippen molar-refractivity contribution in [3.8, 4) is 0 Å². The van der Waals surface area contributed by atoms with Crippen LogP contribution in [0.3, 0.4) is 0 Å². The number of nitrogens with zero attached hydrogens (tertiary/aromatic N) is 2. The number of anilines is 1. The Morgan fingerprint density at radius 1 is 1.16 bits per heavy atom. The Bertz CT molecular complexity index is 413. The van der Waals surface area contributed by atoms with Crippen LogP contribution in [0.4, 0.5) is 5.69 Å². The molecule has 0 amide bonds. The first-order valence-electron chi connectivity index (χ1n) is 7.45. The average Bonchev–Trinajstić information content (AvgIpc) is 2.37. The molecule has 2 fully saturated rings. The molecule has 2 saturated heterocycles. The predicted octanol–water partition coefficient (Wildman–Crippen LogP) is 2.16. The van der Waals surface area contributed by atoms with Crippen LogP contribution < -0.4 is 4.90 Å². The first kappa shape index (κ1) is 12.9. The van der Waals surface area contributed by atoms with Gasteiger partial charge in [-0.3, -0.25) is 4.90 Å². The van der Waals surface area contributed by atoms with Crippen molar-refractivity contribution in [2.75, 3.05) is 37.7 Å². The van der Waals surface area contributed by atoms with Crippen molar-refractivity contribution in [2.45, 2.75) is 32.4 Å². The second kappa shape index (κ2) is 5.51. The van der Waals surface area contributed by atoms with Crippen LogP contribution in [-0.2, 0) is 11.2 Å². The highest BCUT2D eigenvalue weighted by Gasteiger charge is 2.31. The van der Waals surface area contributed by atoms with Crippen molar-refractivity contribution >= 4 is 5.69 Å². The van der Waals surface area contributed by atoms with Crippen molar-refractivity contribution < 1.29 is 4.74 Å². The van der Waals surface area contributed by atoms with Crippen LogP contribution in [0.25, 0.3) is 0 Å². The maximum atomic E-state index is 5.31. The summed E-state index contributed by atoms with van der Waals surface area (Å²) < 4.78 is 5.31. The summed E-state index contributed by atoms with van der Waals surface area (Å²) in [4.78, 5) is 5.13. The standard InChI is InChI=1S/C16H24N2O/c1-3-14-4-6-15(7-5-14)18-9-8-17(10-13(18)2)16-11-19-12-16/h4-7,13,16H,3,8-12H2,1-2H3/t13-/m1/s1. The maximum absolute atomic E-state index is 5.31. The molecular weight excluding hydrogens is 236 g/mol. The van der Waals surface area contributed by atoms with E-state index in [1.165, 1.54) is 11.3 Å². The van der Waals surface area contributed by atoms with Crippen LogP contribution in [0.1, 0.15) is 19.4 Å². The molecule has 1 aromatic carbocycles. The predicted molar refractivity (Wildman–Crippen MR) is 78.8 cm³/mol. The van der Waals surface area contributed by atoms with E-state index in [0.29, 0.717) is 12.1 Å². The topological polar surface area (TPSA) is 15.7 Å². The van der Waals surface area contributed by atoms with Crippen molar-refractivity contribution in [3.05, 3.63) is 29.8 Å². The Morgan fingerprint density at radius 2 is 1.89 bits per heavy atom. The Kier molecular flexibility index (Phi) is 3.76. The molecule has 104 valence electrons. The minimum absolute atomic E-state index is 0.585. The van der Waals surface area contributed by atoms with Gasteiger partial charge < -0.3 is 9.64 Å². The molecule has 2 aliphatic heterocycles. The van der Waals surface area contributed by atoms with Crippen LogP contribution >= 0.6 is 0 Å². The molecule has 0 bridgehead atoms. The molecule has 3 heteroatoms. The fourth-order valence-electron chi connectivity index (χ4n) is 3.06. The summed E-state index contributed by atoms with van der Waals surface area (Å²) in [5.74, 6) is 0. The zero-order valence-electron chi connectivity index (χ0n) is 12.0. The molecule has 0 radical (unpaired) electrons. The highest BCUT2D eigenvalue weighted by atomic mass is 16.5. The van der Waals surface area contributed by atoms with Gasteiger partial charge in [-0.05, 0) is 31.0 Å². The number of hydrogen-bond acceptors (Lipinski definition) is 3. The van der Waals surface area contributed by atoms with E-state index in [-0.39, 0.29) is 0 Å². The molecule has 0 spiro atoms. The highest BCUT2D eigenvalue weighted by molar-refractivity contribution is 5.49. The van der Waals surface area contributed by atoms with Gasteiger partial charge in [-0.2, -0.15) is 0 Å². The lowest BCUT2D eigenvalue weighted by Crippen LogP contribution is -2.59. The number of aryl methyl sites for hydroxylation is 1. The molecule has 0 unspecified atom stereocenters. The lowest BCUT2D eigenvalue weighted by molar-refractivity contribution is -0.0691. The SMILES string of the molecule is CCc1ccc(N2CCN(C3COC3)C[C@H]2C)cc1. The lowest BCUT2D eigenvalue weighted by Gasteiger charge is -2.46. The molecule has 1 atom stereocenters. The molecule has 19 heavy (non-hydrogen) atoms. The third-order valence-corrected chi connectivity index (χ3v) is 4.47. The number of rotatable bonds is 3. The summed E-state index contributed by atoms with van der Waals surface area (Å²) in [6, 6.07) is 10.3. The molecule has 2 heterocycles. The summed E-state index contributed by atoms with van der Waals surface area (Å²) >= 11 is 0. The summed E-state index contributed by atoms with van der Waals surface area (Å²) in [5.41, 5.74) is 2.79. The van der Waals surface area contributed by atoms with E-state index in [2.05, 4.69) is 47.9 Å². The monoisotopic (exact) mass is 260 g/mol. The fraction of sp³-hybridized carbons (Fsp3) is 0.625. The Labute approximate surface area is 116 Å². The molecule has 3 rings (SSSR count). The summed E-state index contributed by atoms with van der Waals surface area (Å²) in [5, 5.41) is 0. The summed E-state index contributed by atoms with van der Waals surface area (Å²) in [7, 11) is 0. The van der Waals surface area contributed by atoms with Gasteiger partial charge in [-0.15, -0.1) is 0 Å². The zero-order chi connectivity index (χ0) is 13.2. The number of benzene rings is 1. The molecule has 2 aliphatic rings. The number of ether oxygens (including phenoxy) is 1. The normalized spacial score (nSPS) is 25.4. The molecule has 0 N–H and O–H groups in total. The van der Waals surface area contributed by atoms with E-state index in [9.17, 15) is 0 Å². The minimum atomic E-state index is 0.585. The summed E-state index contributed by atoms with van der Waals surface area (Å²) in [6.45, 7) is 9.84. The van der Waals surface area contributed by atoms with E-state index >= 15 is 0 Å². The van der Waals surface area contributed by atoms with Gasteiger partial charge in [0.1, 0.15) is 0 Å². The van der Waals surface area contributed by atoms with E-state index in [1.807, 2.05) is 0 Å². The Hall–Kier alpha value is -1.06. The summed E-state index contributed by atoms with van der Waals surface area (Å²) in [6.07, 6.45) is 1.12. The Balaban J connectivity index is 1.65. The highest BCUT2D eigenvalue weighted by Crippen LogP contribution is 2.23. The molecular formula is C16H24N2O. The molecule has 1 aromatic rings. The van der Waals surface area contributed by atoms with Gasteiger partial charge in [-0.1, -0.05) is 19.1 Å². The van der Waals surface area contributed by atoms with Crippen LogP contribution in [0.15, 0.2) is 24.3 Å². The van der Waals surface area contributed by atoms with Crippen molar-refractivity contribution in [2.24, 2.45) is 0 Å². The van der Waals surface area contributed by atoms with Gasteiger partial charge in [0, 0.05) is 31.4 Å². The lowest BCUT2D eigenvalue weighted by atomic mass is 10.1. The third kappa shape index (κ3) is 2.63. The van der Waals surface area contributed by atoms with Gasteiger partial charge in [0.15, 0.2) is 0 Å². The van der Waals surface area contributed by atoms with Crippen LogP contribution in [0.2, 0.25) is 0 Å². The molecule has 3 nitrogen and oxygen atoms in total. The number of piperazine rings is 1. The van der Waals surface area contributed by atoms with Gasteiger partial charge in [0.05, 0.1) is 19.3 Å². The van der Waals surface area contributed by atoms with Gasteiger partial charge in [0.2, 0.25) is 0 Å². The minimum Gasteiger partial charge on any atom is -0.378 e. The third-order valence-electron chi connectivity index (χ3n) is 4.47. The molecule has 0 aliphatic carbocycles. The van der Waals surface area contributed by atoms with E-state index in [4.69, 9.17) is 4.74 Å². The quantitative estimate of drug-likeness (QED) is 0.828. The second-order valence-corrected chi connectivity index (χ2v) is 5.75. The van der Waals surface area contributed by atoms with Gasteiger partial charge in [-0.25, -0.2) is 0 Å². The Morgan fingerprint density at radius 3 is 2.42 bits per heavy atom. The van der Waals surface area contributed by atoms with Crippen molar-refractivity contribution in [1.29, 1.82) is 0 Å². The van der Waals surface area contributed by atoms with E-state index < -0.39 is 0 Å². The maximum Gasteiger partial charge on any atom is 0.0645 e. The van der Waals surface area contributed by atoms with Gasteiger partial charge in [0.25, 0.3) is 0 Å². The smallest absolute Gasteiger partial charge is 0.0645 e. The first-order valence-corrected chi connectivity index (χ1v) is 7.45.